The molecule has 0 bridgehead atoms. The Morgan fingerprint density at radius 3 is 2.67 bits per heavy atom. The van der Waals surface area contributed by atoms with Crippen molar-refractivity contribution in [1.29, 1.82) is 0 Å². The number of benzene rings is 2. The summed E-state index contributed by atoms with van der Waals surface area (Å²) in [6.07, 6.45) is -0.377. The second-order valence-electron chi connectivity index (χ2n) is 5.21. The minimum absolute atomic E-state index is 0.000345. The predicted molar refractivity (Wildman–Crippen MR) is 86.1 cm³/mol. The molecule has 2 aromatic rings. The van der Waals surface area contributed by atoms with E-state index in [2.05, 4.69) is 10.6 Å². The molecule has 1 aliphatic rings. The maximum atomic E-state index is 11.8. The molecule has 0 saturated carbocycles. The highest BCUT2D eigenvalue weighted by molar-refractivity contribution is 6.39. The van der Waals surface area contributed by atoms with Crippen LogP contribution in [0.15, 0.2) is 48.5 Å². The zero-order valence-electron chi connectivity index (χ0n) is 12.7. The van der Waals surface area contributed by atoms with Gasteiger partial charge in [0.15, 0.2) is 11.5 Å². The van der Waals surface area contributed by atoms with Crippen molar-refractivity contribution in [1.82, 2.24) is 5.32 Å². The summed E-state index contributed by atoms with van der Waals surface area (Å²) in [5.41, 5.74) is 0.335. The Morgan fingerprint density at radius 1 is 1.08 bits per heavy atom. The van der Waals surface area contributed by atoms with E-state index in [-0.39, 0.29) is 25.0 Å². The minimum Gasteiger partial charge on any atom is -0.508 e. The number of para-hydroxylation sites is 2. The van der Waals surface area contributed by atoms with Crippen LogP contribution in [0.1, 0.15) is 0 Å². The number of aromatic hydroxyl groups is 1. The number of fused-ring (bicyclic) bond motifs is 1. The number of carbonyl (C=O) groups is 2. The van der Waals surface area contributed by atoms with Gasteiger partial charge in [0, 0.05) is 11.8 Å². The Morgan fingerprint density at radius 2 is 1.88 bits per heavy atom. The maximum absolute atomic E-state index is 11.8. The first-order chi connectivity index (χ1) is 11.6. The van der Waals surface area contributed by atoms with Crippen LogP contribution < -0.4 is 20.1 Å². The quantitative estimate of drug-likeness (QED) is 0.738. The molecular formula is C17H16N2O5. The van der Waals surface area contributed by atoms with Gasteiger partial charge < -0.3 is 25.2 Å². The van der Waals surface area contributed by atoms with Crippen LogP contribution in [0, 0.1) is 0 Å². The van der Waals surface area contributed by atoms with E-state index in [1.165, 1.54) is 12.1 Å². The highest BCUT2D eigenvalue weighted by Crippen LogP contribution is 2.30. The van der Waals surface area contributed by atoms with Crippen LogP contribution in [0.5, 0.6) is 17.2 Å². The molecule has 0 radical (unpaired) electrons. The SMILES string of the molecule is O=C(NCC1COc2ccccc2O1)C(=O)Nc1cccc(O)c1. The first-order valence-electron chi connectivity index (χ1n) is 7.38. The maximum Gasteiger partial charge on any atom is 0.313 e. The van der Waals surface area contributed by atoms with Gasteiger partial charge in [-0.25, -0.2) is 0 Å². The van der Waals surface area contributed by atoms with Crippen LogP contribution in [0.3, 0.4) is 0 Å². The average Bonchev–Trinajstić information content (AvgIpc) is 2.59. The molecule has 1 aliphatic heterocycles. The molecule has 7 heteroatoms. The van der Waals surface area contributed by atoms with Crippen molar-refractivity contribution in [2.75, 3.05) is 18.5 Å². The van der Waals surface area contributed by atoms with Gasteiger partial charge in [0.05, 0.1) is 6.54 Å². The molecule has 0 spiro atoms. The van der Waals surface area contributed by atoms with E-state index in [0.717, 1.165) is 0 Å². The summed E-state index contributed by atoms with van der Waals surface area (Å²) < 4.78 is 11.2. The van der Waals surface area contributed by atoms with E-state index in [1.54, 1.807) is 24.3 Å². The Hall–Kier alpha value is -3.22. The third kappa shape index (κ3) is 3.75. The third-order valence-electron chi connectivity index (χ3n) is 3.37. The number of phenols is 1. The molecule has 7 nitrogen and oxygen atoms in total. The number of ether oxygens (including phenoxy) is 2. The lowest BCUT2D eigenvalue weighted by Crippen LogP contribution is -2.44. The fourth-order valence-electron chi connectivity index (χ4n) is 2.22. The van der Waals surface area contributed by atoms with Gasteiger partial charge >= 0.3 is 11.8 Å². The van der Waals surface area contributed by atoms with E-state index in [0.29, 0.717) is 17.2 Å². The zero-order chi connectivity index (χ0) is 16.9. The Balaban J connectivity index is 1.50. The van der Waals surface area contributed by atoms with Crippen molar-refractivity contribution in [2.24, 2.45) is 0 Å². The second-order valence-corrected chi connectivity index (χ2v) is 5.21. The van der Waals surface area contributed by atoms with Gasteiger partial charge in [-0.2, -0.15) is 0 Å². The Bertz CT molecular complexity index is 762. The molecule has 0 aromatic heterocycles. The summed E-state index contributed by atoms with van der Waals surface area (Å²) in [5, 5.41) is 14.2. The van der Waals surface area contributed by atoms with Crippen LogP contribution in [0.4, 0.5) is 5.69 Å². The van der Waals surface area contributed by atoms with Gasteiger partial charge in [-0.05, 0) is 24.3 Å². The van der Waals surface area contributed by atoms with Crippen molar-refractivity contribution < 1.29 is 24.2 Å². The molecule has 24 heavy (non-hydrogen) atoms. The summed E-state index contributed by atoms with van der Waals surface area (Å²) in [6, 6.07) is 13.2. The number of phenolic OH excluding ortho intramolecular Hbond substituents is 1. The summed E-state index contributed by atoms with van der Waals surface area (Å²) in [5.74, 6) is -0.355. The van der Waals surface area contributed by atoms with Crippen LogP contribution >= 0.6 is 0 Å². The van der Waals surface area contributed by atoms with E-state index in [4.69, 9.17) is 9.47 Å². The molecule has 0 aliphatic carbocycles. The summed E-state index contributed by atoms with van der Waals surface area (Å²) in [7, 11) is 0. The smallest absolute Gasteiger partial charge is 0.313 e. The van der Waals surface area contributed by atoms with Gasteiger partial charge in [-0.1, -0.05) is 18.2 Å². The minimum atomic E-state index is -0.822. The largest absolute Gasteiger partial charge is 0.508 e. The normalized spacial score (nSPS) is 15.4. The molecule has 0 saturated heterocycles. The third-order valence-corrected chi connectivity index (χ3v) is 3.37. The van der Waals surface area contributed by atoms with Crippen LogP contribution in [-0.2, 0) is 9.59 Å². The fourth-order valence-corrected chi connectivity index (χ4v) is 2.22. The summed E-state index contributed by atoms with van der Waals surface area (Å²) in [4.78, 5) is 23.7. The number of hydrogen-bond donors (Lipinski definition) is 3. The lowest BCUT2D eigenvalue weighted by molar-refractivity contribution is -0.136. The van der Waals surface area contributed by atoms with Crippen LogP contribution in [0.2, 0.25) is 0 Å². The average molecular weight is 328 g/mol. The Kier molecular flexibility index (Phi) is 4.51. The van der Waals surface area contributed by atoms with Crippen molar-refractivity contribution >= 4 is 17.5 Å². The lowest BCUT2D eigenvalue weighted by Gasteiger charge is -2.26. The van der Waals surface area contributed by atoms with Gasteiger partial charge in [-0.3, -0.25) is 9.59 Å². The summed E-state index contributed by atoms with van der Waals surface area (Å²) >= 11 is 0. The molecule has 0 fully saturated rings. The van der Waals surface area contributed by atoms with Crippen LogP contribution in [0.25, 0.3) is 0 Å². The predicted octanol–water partition coefficient (Wildman–Crippen LogP) is 1.29. The van der Waals surface area contributed by atoms with E-state index < -0.39 is 11.8 Å². The number of carbonyl (C=O) groups excluding carboxylic acids is 2. The molecule has 1 atom stereocenters. The van der Waals surface area contributed by atoms with E-state index in [9.17, 15) is 14.7 Å². The van der Waals surface area contributed by atoms with Gasteiger partial charge in [-0.15, -0.1) is 0 Å². The number of rotatable bonds is 3. The number of hydrogen-bond acceptors (Lipinski definition) is 5. The fraction of sp³-hybridized carbons (Fsp3) is 0.176. The molecule has 124 valence electrons. The molecule has 3 N–H and O–H groups in total. The first-order valence-corrected chi connectivity index (χ1v) is 7.38. The molecule has 2 aromatic carbocycles. The molecule has 1 heterocycles. The zero-order valence-corrected chi connectivity index (χ0v) is 12.7. The van der Waals surface area contributed by atoms with Crippen molar-refractivity contribution in [3.63, 3.8) is 0 Å². The monoisotopic (exact) mass is 328 g/mol. The Labute approximate surface area is 138 Å². The standard InChI is InChI=1S/C17H16N2O5/c20-12-5-3-4-11(8-12)19-17(22)16(21)18-9-13-10-23-14-6-1-2-7-15(14)24-13/h1-8,13,20H,9-10H2,(H,18,21)(H,19,22). The number of amides is 2. The van der Waals surface area contributed by atoms with Crippen LogP contribution in [-0.4, -0.2) is 36.2 Å². The molecule has 1 unspecified atom stereocenters. The lowest BCUT2D eigenvalue weighted by atomic mass is 10.2. The second kappa shape index (κ2) is 6.91. The number of anilines is 1. The van der Waals surface area contributed by atoms with Gasteiger partial charge in [0.2, 0.25) is 0 Å². The highest BCUT2D eigenvalue weighted by atomic mass is 16.6. The number of nitrogens with one attached hydrogen (secondary N) is 2. The van der Waals surface area contributed by atoms with Crippen molar-refractivity contribution in [2.45, 2.75) is 6.10 Å². The van der Waals surface area contributed by atoms with Crippen molar-refractivity contribution in [3.8, 4) is 17.2 Å². The highest BCUT2D eigenvalue weighted by Gasteiger charge is 2.22. The van der Waals surface area contributed by atoms with Gasteiger partial charge in [0.1, 0.15) is 18.5 Å². The summed E-state index contributed by atoms with van der Waals surface area (Å²) in [6.45, 7) is 0.423. The topological polar surface area (TPSA) is 96.9 Å². The molecule has 3 rings (SSSR count). The van der Waals surface area contributed by atoms with Crippen molar-refractivity contribution in [3.05, 3.63) is 48.5 Å². The van der Waals surface area contributed by atoms with Gasteiger partial charge in [0.25, 0.3) is 0 Å². The van der Waals surface area contributed by atoms with E-state index >= 15 is 0 Å². The van der Waals surface area contributed by atoms with E-state index in [1.807, 2.05) is 12.1 Å². The molecular weight excluding hydrogens is 312 g/mol. The molecule has 2 amide bonds. The first kappa shape index (κ1) is 15.7.